The van der Waals surface area contributed by atoms with E-state index < -0.39 is 0 Å². The molecule has 0 radical (unpaired) electrons. The second-order valence-electron chi connectivity index (χ2n) is 5.24. The molecule has 5 heteroatoms. The molecule has 1 aromatic heterocycles. The fourth-order valence-electron chi connectivity index (χ4n) is 2.32. The Hall–Kier alpha value is -2.56. The number of rotatable bonds is 6. The van der Waals surface area contributed by atoms with Crippen LogP contribution >= 0.6 is 0 Å². The molecule has 0 spiro atoms. The Balaban J connectivity index is 1.83. The molecule has 0 fully saturated rings. The number of nitrogens with one attached hydrogen (secondary N) is 2. The summed E-state index contributed by atoms with van der Waals surface area (Å²) in [6.45, 7) is 3.51. The molecule has 1 heterocycles. The Morgan fingerprint density at radius 2 is 2.09 bits per heavy atom. The van der Waals surface area contributed by atoms with Gasteiger partial charge in [0.15, 0.2) is 5.96 Å². The average Bonchev–Trinajstić information content (AvgIpc) is 2.59. The zero-order chi connectivity index (χ0) is 16.5. The van der Waals surface area contributed by atoms with Crippen molar-refractivity contribution in [3.05, 3.63) is 59.4 Å². The van der Waals surface area contributed by atoms with Crippen LogP contribution in [0.3, 0.4) is 0 Å². The van der Waals surface area contributed by atoms with E-state index in [1.54, 1.807) is 20.4 Å². The molecule has 0 atom stereocenters. The van der Waals surface area contributed by atoms with Crippen LogP contribution in [-0.2, 0) is 13.0 Å². The highest BCUT2D eigenvalue weighted by Gasteiger charge is 2.04. The maximum atomic E-state index is 5.41. The molecule has 2 aromatic rings. The van der Waals surface area contributed by atoms with Gasteiger partial charge in [0.2, 0.25) is 0 Å². The Morgan fingerprint density at radius 1 is 1.22 bits per heavy atom. The topological polar surface area (TPSA) is 58.5 Å². The lowest BCUT2D eigenvalue weighted by molar-refractivity contribution is 0.409. The first-order chi connectivity index (χ1) is 11.2. The van der Waals surface area contributed by atoms with Crippen LogP contribution in [-0.4, -0.2) is 31.6 Å². The zero-order valence-electron chi connectivity index (χ0n) is 14.0. The predicted molar refractivity (Wildman–Crippen MR) is 93.9 cm³/mol. The molecular formula is C18H24N4O. The minimum absolute atomic E-state index is 0.647. The van der Waals surface area contributed by atoms with E-state index in [2.05, 4.69) is 39.7 Å². The van der Waals surface area contributed by atoms with Gasteiger partial charge in [0.1, 0.15) is 5.75 Å². The van der Waals surface area contributed by atoms with E-state index in [0.717, 1.165) is 30.4 Å². The number of methoxy groups -OCH3 is 1. The summed E-state index contributed by atoms with van der Waals surface area (Å²) in [5.41, 5.74) is 3.41. The van der Waals surface area contributed by atoms with Crippen LogP contribution in [0.5, 0.6) is 5.75 Å². The number of benzene rings is 1. The third-order valence-corrected chi connectivity index (χ3v) is 3.51. The number of aryl methyl sites for hydroxylation is 1. The van der Waals surface area contributed by atoms with E-state index in [1.165, 1.54) is 11.1 Å². The molecule has 0 bridgehead atoms. The lowest BCUT2D eigenvalue weighted by Crippen LogP contribution is -2.38. The van der Waals surface area contributed by atoms with Crippen LogP contribution in [0.15, 0.2) is 47.6 Å². The third kappa shape index (κ3) is 5.29. The first-order valence-electron chi connectivity index (χ1n) is 7.71. The second kappa shape index (κ2) is 8.78. The van der Waals surface area contributed by atoms with E-state index in [9.17, 15) is 0 Å². The average molecular weight is 312 g/mol. The highest BCUT2D eigenvalue weighted by Crippen LogP contribution is 2.19. The van der Waals surface area contributed by atoms with Gasteiger partial charge in [0, 0.05) is 19.8 Å². The summed E-state index contributed by atoms with van der Waals surface area (Å²) in [4.78, 5) is 8.51. The molecule has 122 valence electrons. The SMILES string of the molecule is CN=C(NCCc1cc(C)ccc1OC)NCc1ccccn1. The summed E-state index contributed by atoms with van der Waals surface area (Å²) in [5, 5.41) is 6.57. The standard InChI is InChI=1S/C18H24N4O/c1-14-7-8-17(23-3)15(12-14)9-11-21-18(19-2)22-13-16-6-4-5-10-20-16/h4-8,10,12H,9,11,13H2,1-3H3,(H2,19,21,22). The molecule has 2 rings (SSSR count). The number of guanidine groups is 1. The Kier molecular flexibility index (Phi) is 6.41. The van der Waals surface area contributed by atoms with Gasteiger partial charge >= 0.3 is 0 Å². The molecule has 0 aliphatic carbocycles. The summed E-state index contributed by atoms with van der Waals surface area (Å²) in [5.74, 6) is 1.69. The third-order valence-electron chi connectivity index (χ3n) is 3.51. The summed E-state index contributed by atoms with van der Waals surface area (Å²) in [6, 6.07) is 12.1. The van der Waals surface area contributed by atoms with Crippen molar-refractivity contribution < 1.29 is 4.74 Å². The van der Waals surface area contributed by atoms with Gasteiger partial charge in [-0.05, 0) is 37.1 Å². The van der Waals surface area contributed by atoms with Gasteiger partial charge in [0.25, 0.3) is 0 Å². The van der Waals surface area contributed by atoms with Gasteiger partial charge in [-0.2, -0.15) is 0 Å². The van der Waals surface area contributed by atoms with Crippen molar-refractivity contribution in [1.29, 1.82) is 0 Å². The number of ether oxygens (including phenoxy) is 1. The molecule has 1 aromatic carbocycles. The molecule has 0 aliphatic heterocycles. The quantitative estimate of drug-likeness (QED) is 0.635. The van der Waals surface area contributed by atoms with E-state index in [0.29, 0.717) is 6.54 Å². The van der Waals surface area contributed by atoms with Crippen LogP contribution in [0.1, 0.15) is 16.8 Å². The largest absolute Gasteiger partial charge is 0.496 e. The molecule has 23 heavy (non-hydrogen) atoms. The van der Waals surface area contributed by atoms with Crippen molar-refractivity contribution in [2.45, 2.75) is 19.9 Å². The van der Waals surface area contributed by atoms with Gasteiger partial charge in [0.05, 0.1) is 19.3 Å². The molecule has 0 unspecified atom stereocenters. The van der Waals surface area contributed by atoms with Crippen LogP contribution in [0.25, 0.3) is 0 Å². The highest BCUT2D eigenvalue weighted by atomic mass is 16.5. The number of aromatic nitrogens is 1. The summed E-state index contributed by atoms with van der Waals surface area (Å²) in [6.07, 6.45) is 2.66. The smallest absolute Gasteiger partial charge is 0.191 e. The number of hydrogen-bond acceptors (Lipinski definition) is 3. The van der Waals surface area contributed by atoms with Crippen molar-refractivity contribution >= 4 is 5.96 Å². The van der Waals surface area contributed by atoms with Crippen molar-refractivity contribution in [3.8, 4) is 5.75 Å². The molecule has 0 saturated carbocycles. The van der Waals surface area contributed by atoms with Crippen LogP contribution in [0.4, 0.5) is 0 Å². The maximum Gasteiger partial charge on any atom is 0.191 e. The first-order valence-corrected chi connectivity index (χ1v) is 7.71. The number of aliphatic imine (C=N–C) groups is 1. The zero-order valence-corrected chi connectivity index (χ0v) is 14.0. The predicted octanol–water partition coefficient (Wildman–Crippen LogP) is 2.31. The van der Waals surface area contributed by atoms with E-state index in [-0.39, 0.29) is 0 Å². The van der Waals surface area contributed by atoms with Crippen LogP contribution in [0.2, 0.25) is 0 Å². The minimum atomic E-state index is 0.647. The monoisotopic (exact) mass is 312 g/mol. The normalized spacial score (nSPS) is 11.2. The first kappa shape index (κ1) is 16.8. The Labute approximate surface area is 137 Å². The fourth-order valence-corrected chi connectivity index (χ4v) is 2.32. The van der Waals surface area contributed by atoms with E-state index in [4.69, 9.17) is 4.74 Å². The van der Waals surface area contributed by atoms with Crippen molar-refractivity contribution in [1.82, 2.24) is 15.6 Å². The lowest BCUT2D eigenvalue weighted by atomic mass is 10.1. The van der Waals surface area contributed by atoms with E-state index >= 15 is 0 Å². The van der Waals surface area contributed by atoms with Gasteiger partial charge in [-0.15, -0.1) is 0 Å². The van der Waals surface area contributed by atoms with Crippen LogP contribution < -0.4 is 15.4 Å². The van der Waals surface area contributed by atoms with E-state index in [1.807, 2.05) is 24.3 Å². The van der Waals surface area contributed by atoms with Gasteiger partial charge in [-0.1, -0.05) is 23.8 Å². The summed E-state index contributed by atoms with van der Waals surface area (Å²) in [7, 11) is 3.47. The van der Waals surface area contributed by atoms with Gasteiger partial charge in [-0.3, -0.25) is 9.98 Å². The minimum Gasteiger partial charge on any atom is -0.496 e. The number of hydrogen-bond donors (Lipinski definition) is 2. The lowest BCUT2D eigenvalue weighted by Gasteiger charge is -2.13. The number of pyridine rings is 1. The van der Waals surface area contributed by atoms with Gasteiger partial charge < -0.3 is 15.4 Å². The molecular weight excluding hydrogens is 288 g/mol. The molecule has 0 saturated heterocycles. The summed E-state index contributed by atoms with van der Waals surface area (Å²) < 4.78 is 5.41. The maximum absolute atomic E-state index is 5.41. The van der Waals surface area contributed by atoms with Gasteiger partial charge in [-0.25, -0.2) is 0 Å². The molecule has 5 nitrogen and oxygen atoms in total. The molecule has 0 aliphatic rings. The molecule has 2 N–H and O–H groups in total. The van der Waals surface area contributed by atoms with Crippen molar-refractivity contribution in [2.24, 2.45) is 4.99 Å². The second-order valence-corrected chi connectivity index (χ2v) is 5.24. The fraction of sp³-hybridized carbons (Fsp3) is 0.333. The number of nitrogens with zero attached hydrogens (tertiary/aromatic N) is 2. The Morgan fingerprint density at radius 3 is 2.78 bits per heavy atom. The van der Waals surface area contributed by atoms with Crippen molar-refractivity contribution in [2.75, 3.05) is 20.7 Å². The highest BCUT2D eigenvalue weighted by molar-refractivity contribution is 5.79. The van der Waals surface area contributed by atoms with Crippen molar-refractivity contribution in [3.63, 3.8) is 0 Å². The molecule has 0 amide bonds. The van der Waals surface area contributed by atoms with Crippen LogP contribution in [0, 0.1) is 6.92 Å². The summed E-state index contributed by atoms with van der Waals surface area (Å²) >= 11 is 0. The Bertz CT molecular complexity index is 641.